The van der Waals surface area contributed by atoms with Crippen LogP contribution in [0.4, 0.5) is 0 Å². The van der Waals surface area contributed by atoms with Crippen molar-refractivity contribution in [2.24, 2.45) is 5.92 Å². The topological polar surface area (TPSA) is 82.4 Å². The van der Waals surface area contributed by atoms with E-state index in [9.17, 15) is 9.90 Å². The fourth-order valence-corrected chi connectivity index (χ4v) is 2.47. The summed E-state index contributed by atoms with van der Waals surface area (Å²) in [5.41, 5.74) is 1.05. The number of ether oxygens (including phenoxy) is 1. The van der Waals surface area contributed by atoms with Crippen LogP contribution in [-0.2, 0) is 4.74 Å². The Kier molecular flexibility index (Phi) is 5.73. The minimum atomic E-state index is -0.393. The van der Waals surface area contributed by atoms with Gasteiger partial charge in [0.05, 0.1) is 17.7 Å². The molecule has 1 aliphatic heterocycles. The summed E-state index contributed by atoms with van der Waals surface area (Å²) >= 11 is 0. The lowest BCUT2D eigenvalue weighted by Gasteiger charge is -2.26. The molecule has 2 rings (SSSR count). The second-order valence-electron chi connectivity index (χ2n) is 5.25. The van der Waals surface area contributed by atoms with Crippen molar-refractivity contribution in [2.45, 2.75) is 25.4 Å². The van der Waals surface area contributed by atoms with Crippen molar-refractivity contribution in [3.8, 4) is 6.07 Å². The van der Waals surface area contributed by atoms with Gasteiger partial charge in [-0.15, -0.1) is 0 Å². The molecule has 1 atom stereocenters. The van der Waals surface area contributed by atoms with Crippen LogP contribution in [0.3, 0.4) is 0 Å². The van der Waals surface area contributed by atoms with E-state index in [0.717, 1.165) is 12.8 Å². The highest BCUT2D eigenvalue weighted by atomic mass is 16.5. The predicted octanol–water partition coefficient (Wildman–Crippen LogP) is 1.47. The highest BCUT2D eigenvalue weighted by Gasteiger charge is 2.21. The van der Waals surface area contributed by atoms with Crippen LogP contribution in [0.25, 0.3) is 0 Å². The quantitative estimate of drug-likeness (QED) is 0.859. The van der Waals surface area contributed by atoms with E-state index in [0.29, 0.717) is 37.3 Å². The molecule has 1 heterocycles. The zero-order chi connectivity index (χ0) is 15.1. The van der Waals surface area contributed by atoms with E-state index in [1.807, 2.05) is 6.07 Å². The van der Waals surface area contributed by atoms with E-state index in [4.69, 9.17) is 10.00 Å². The maximum Gasteiger partial charge on any atom is 0.251 e. The summed E-state index contributed by atoms with van der Waals surface area (Å²) in [7, 11) is 0. The van der Waals surface area contributed by atoms with Crippen molar-refractivity contribution in [2.75, 3.05) is 19.8 Å². The van der Waals surface area contributed by atoms with Crippen LogP contribution in [0.2, 0.25) is 0 Å². The molecule has 1 aliphatic rings. The monoisotopic (exact) mass is 288 g/mol. The SMILES string of the molecule is N#Cc1ccc(C(=O)NCC[C@@H](O)C2CCOCC2)cc1. The number of nitriles is 1. The Balaban J connectivity index is 1.74. The van der Waals surface area contributed by atoms with Crippen LogP contribution < -0.4 is 5.32 Å². The normalized spacial score (nSPS) is 17.0. The van der Waals surface area contributed by atoms with Gasteiger partial charge in [0.1, 0.15) is 0 Å². The molecule has 0 unspecified atom stereocenters. The smallest absolute Gasteiger partial charge is 0.251 e. The first-order chi connectivity index (χ1) is 10.2. The second kappa shape index (κ2) is 7.77. The van der Waals surface area contributed by atoms with Gasteiger partial charge in [0.2, 0.25) is 0 Å². The van der Waals surface area contributed by atoms with Crippen LogP contribution in [0.5, 0.6) is 0 Å². The molecule has 1 saturated heterocycles. The van der Waals surface area contributed by atoms with E-state index < -0.39 is 6.10 Å². The largest absolute Gasteiger partial charge is 0.393 e. The van der Waals surface area contributed by atoms with Crippen molar-refractivity contribution in [3.63, 3.8) is 0 Å². The van der Waals surface area contributed by atoms with Crippen LogP contribution in [0.15, 0.2) is 24.3 Å². The van der Waals surface area contributed by atoms with Crippen molar-refractivity contribution in [3.05, 3.63) is 35.4 Å². The summed E-state index contributed by atoms with van der Waals surface area (Å²) in [6.45, 7) is 1.86. The summed E-state index contributed by atoms with van der Waals surface area (Å²) in [5.74, 6) is 0.0873. The number of carbonyl (C=O) groups is 1. The van der Waals surface area contributed by atoms with Crippen molar-refractivity contribution in [1.82, 2.24) is 5.32 Å². The minimum Gasteiger partial charge on any atom is -0.393 e. The number of amides is 1. The lowest BCUT2D eigenvalue weighted by Crippen LogP contribution is -2.32. The van der Waals surface area contributed by atoms with Gasteiger partial charge in [0.25, 0.3) is 5.91 Å². The molecule has 1 aromatic rings. The van der Waals surface area contributed by atoms with Gasteiger partial charge in [0.15, 0.2) is 0 Å². The first-order valence-corrected chi connectivity index (χ1v) is 7.25. The summed E-state index contributed by atoms with van der Waals surface area (Å²) in [6, 6.07) is 8.50. The van der Waals surface area contributed by atoms with Crippen molar-refractivity contribution < 1.29 is 14.6 Å². The van der Waals surface area contributed by atoms with Gasteiger partial charge in [0, 0.05) is 25.3 Å². The molecule has 0 radical (unpaired) electrons. The summed E-state index contributed by atoms with van der Waals surface area (Å²) in [4.78, 5) is 11.9. The Labute approximate surface area is 124 Å². The third kappa shape index (κ3) is 4.55. The first-order valence-electron chi connectivity index (χ1n) is 7.25. The number of nitrogens with zero attached hydrogens (tertiary/aromatic N) is 1. The summed E-state index contributed by atoms with van der Waals surface area (Å²) in [5, 5.41) is 21.6. The first kappa shape index (κ1) is 15.5. The molecule has 21 heavy (non-hydrogen) atoms. The minimum absolute atomic E-state index is 0.182. The number of hydrogen-bond donors (Lipinski definition) is 2. The summed E-state index contributed by atoms with van der Waals surface area (Å²) in [6.07, 6.45) is 1.91. The maximum atomic E-state index is 11.9. The molecule has 0 bridgehead atoms. The molecule has 1 amide bonds. The molecule has 0 spiro atoms. The highest BCUT2D eigenvalue weighted by Crippen LogP contribution is 2.20. The Morgan fingerprint density at radius 2 is 2.05 bits per heavy atom. The lowest BCUT2D eigenvalue weighted by molar-refractivity contribution is 0.00528. The van der Waals surface area contributed by atoms with Gasteiger partial charge in [-0.05, 0) is 49.4 Å². The number of aliphatic hydroxyl groups is 1. The molecule has 0 saturated carbocycles. The Morgan fingerprint density at radius 1 is 1.38 bits per heavy atom. The molecule has 2 N–H and O–H groups in total. The average Bonchev–Trinajstić information content (AvgIpc) is 2.55. The number of aliphatic hydroxyl groups excluding tert-OH is 1. The Bertz CT molecular complexity index is 501. The lowest BCUT2D eigenvalue weighted by atomic mass is 9.92. The zero-order valence-electron chi connectivity index (χ0n) is 11.9. The summed E-state index contributed by atoms with van der Waals surface area (Å²) < 4.78 is 5.27. The molecule has 0 aliphatic carbocycles. The van der Waals surface area contributed by atoms with Crippen LogP contribution in [-0.4, -0.2) is 36.9 Å². The third-order valence-electron chi connectivity index (χ3n) is 3.81. The number of nitrogens with one attached hydrogen (secondary N) is 1. The molecule has 112 valence electrons. The molecule has 1 aromatic carbocycles. The van der Waals surface area contributed by atoms with Gasteiger partial charge in [-0.3, -0.25) is 4.79 Å². The van der Waals surface area contributed by atoms with E-state index in [1.165, 1.54) is 0 Å². The average molecular weight is 288 g/mol. The van der Waals surface area contributed by atoms with E-state index >= 15 is 0 Å². The van der Waals surface area contributed by atoms with E-state index in [2.05, 4.69) is 5.32 Å². The van der Waals surface area contributed by atoms with E-state index in [-0.39, 0.29) is 11.8 Å². The highest BCUT2D eigenvalue weighted by molar-refractivity contribution is 5.94. The Morgan fingerprint density at radius 3 is 2.67 bits per heavy atom. The molecule has 5 heteroatoms. The predicted molar refractivity (Wildman–Crippen MR) is 77.7 cm³/mol. The molecular weight excluding hydrogens is 268 g/mol. The fraction of sp³-hybridized carbons (Fsp3) is 0.500. The van der Waals surface area contributed by atoms with Gasteiger partial charge in [-0.2, -0.15) is 5.26 Å². The van der Waals surface area contributed by atoms with Gasteiger partial charge >= 0.3 is 0 Å². The van der Waals surface area contributed by atoms with Crippen LogP contribution in [0.1, 0.15) is 35.2 Å². The number of carbonyl (C=O) groups excluding carboxylic acids is 1. The van der Waals surface area contributed by atoms with Gasteiger partial charge in [-0.1, -0.05) is 0 Å². The van der Waals surface area contributed by atoms with Crippen molar-refractivity contribution in [1.29, 1.82) is 5.26 Å². The van der Waals surface area contributed by atoms with Crippen LogP contribution in [0, 0.1) is 17.2 Å². The molecule has 5 nitrogen and oxygen atoms in total. The Hall–Kier alpha value is -1.90. The standard InChI is InChI=1S/C16H20N2O3/c17-11-12-1-3-14(4-2-12)16(20)18-8-5-15(19)13-6-9-21-10-7-13/h1-4,13,15,19H,5-10H2,(H,18,20)/t15-/m1/s1. The number of rotatable bonds is 5. The number of benzene rings is 1. The van der Waals surface area contributed by atoms with Crippen molar-refractivity contribution >= 4 is 5.91 Å². The second-order valence-corrected chi connectivity index (χ2v) is 5.25. The fourth-order valence-electron chi connectivity index (χ4n) is 2.47. The molecule has 1 fully saturated rings. The van der Waals surface area contributed by atoms with E-state index in [1.54, 1.807) is 24.3 Å². The van der Waals surface area contributed by atoms with Gasteiger partial charge < -0.3 is 15.2 Å². The molecular formula is C16H20N2O3. The van der Waals surface area contributed by atoms with Crippen LogP contribution >= 0.6 is 0 Å². The third-order valence-corrected chi connectivity index (χ3v) is 3.81. The zero-order valence-corrected chi connectivity index (χ0v) is 11.9. The molecule has 0 aromatic heterocycles. The number of hydrogen-bond acceptors (Lipinski definition) is 4. The maximum absolute atomic E-state index is 11.9. The van der Waals surface area contributed by atoms with Gasteiger partial charge in [-0.25, -0.2) is 0 Å².